The van der Waals surface area contributed by atoms with Crippen LogP contribution < -0.4 is 5.32 Å². The van der Waals surface area contributed by atoms with Crippen LogP contribution in [0.4, 0.5) is 21.7 Å². The van der Waals surface area contributed by atoms with E-state index in [9.17, 15) is 14.5 Å². The molecule has 7 nitrogen and oxygen atoms in total. The van der Waals surface area contributed by atoms with Crippen molar-refractivity contribution in [1.29, 1.82) is 0 Å². The van der Waals surface area contributed by atoms with Crippen LogP contribution in [0.5, 0.6) is 0 Å². The third-order valence-corrected chi connectivity index (χ3v) is 4.23. The number of rotatable bonds is 4. The molecule has 0 aliphatic rings. The second kappa shape index (κ2) is 6.49. The van der Waals surface area contributed by atoms with Gasteiger partial charge in [0.15, 0.2) is 0 Å². The molecule has 0 aliphatic heterocycles. The number of anilines is 2. The van der Waals surface area contributed by atoms with Gasteiger partial charge in [-0.05, 0) is 24.3 Å². The normalized spacial score (nSPS) is 10.9. The summed E-state index contributed by atoms with van der Waals surface area (Å²) >= 11 is 0. The molecule has 0 radical (unpaired) electrons. The van der Waals surface area contributed by atoms with E-state index in [1.165, 1.54) is 6.07 Å². The SMILES string of the molecule is Cn1cc(-c2ccnc(Nc3ccc(F)c([N+](=O)[O-])c3)n2)c2ccccc21. The lowest BCUT2D eigenvalue weighted by Gasteiger charge is -2.06. The van der Waals surface area contributed by atoms with Crippen molar-refractivity contribution in [3.05, 3.63) is 76.9 Å². The zero-order valence-electron chi connectivity index (χ0n) is 14.3. The molecule has 2 aromatic carbocycles. The van der Waals surface area contributed by atoms with Gasteiger partial charge in [-0.2, -0.15) is 4.39 Å². The quantitative estimate of drug-likeness (QED) is 0.428. The van der Waals surface area contributed by atoms with Crippen LogP contribution in [0.1, 0.15) is 0 Å². The monoisotopic (exact) mass is 363 g/mol. The highest BCUT2D eigenvalue weighted by Crippen LogP contribution is 2.30. The van der Waals surface area contributed by atoms with Crippen LogP contribution >= 0.6 is 0 Å². The maximum atomic E-state index is 13.5. The molecule has 0 amide bonds. The lowest BCUT2D eigenvalue weighted by Crippen LogP contribution is -1.99. The first-order valence-electron chi connectivity index (χ1n) is 8.11. The average Bonchev–Trinajstić information content (AvgIpc) is 3.00. The minimum absolute atomic E-state index is 0.265. The molecule has 2 aromatic heterocycles. The van der Waals surface area contributed by atoms with Crippen molar-refractivity contribution in [3.63, 3.8) is 0 Å². The second-order valence-electron chi connectivity index (χ2n) is 5.98. The van der Waals surface area contributed by atoms with E-state index in [-0.39, 0.29) is 5.95 Å². The number of fused-ring (bicyclic) bond motifs is 1. The fraction of sp³-hybridized carbons (Fsp3) is 0.0526. The first-order chi connectivity index (χ1) is 13.0. The summed E-state index contributed by atoms with van der Waals surface area (Å²) in [6.07, 6.45) is 3.59. The molecule has 4 rings (SSSR count). The van der Waals surface area contributed by atoms with Gasteiger partial charge in [-0.15, -0.1) is 0 Å². The summed E-state index contributed by atoms with van der Waals surface area (Å²) in [6.45, 7) is 0. The molecule has 0 atom stereocenters. The number of nitro groups is 1. The van der Waals surface area contributed by atoms with Crippen molar-refractivity contribution in [2.45, 2.75) is 0 Å². The molecule has 4 aromatic rings. The number of hydrogen-bond donors (Lipinski definition) is 1. The summed E-state index contributed by atoms with van der Waals surface area (Å²) in [6, 6.07) is 13.3. The van der Waals surface area contributed by atoms with Gasteiger partial charge in [0.25, 0.3) is 0 Å². The third kappa shape index (κ3) is 3.08. The predicted octanol–water partition coefficient (Wildman–Crippen LogP) is 4.43. The molecule has 134 valence electrons. The van der Waals surface area contributed by atoms with Gasteiger partial charge in [-0.3, -0.25) is 10.1 Å². The zero-order valence-corrected chi connectivity index (χ0v) is 14.3. The first kappa shape index (κ1) is 16.6. The highest BCUT2D eigenvalue weighted by Gasteiger charge is 2.15. The second-order valence-corrected chi connectivity index (χ2v) is 5.98. The van der Waals surface area contributed by atoms with Gasteiger partial charge < -0.3 is 9.88 Å². The number of aromatic nitrogens is 3. The van der Waals surface area contributed by atoms with Gasteiger partial charge in [0.2, 0.25) is 11.8 Å². The minimum Gasteiger partial charge on any atom is -0.350 e. The average molecular weight is 363 g/mol. The molecule has 2 heterocycles. The van der Waals surface area contributed by atoms with E-state index in [1.807, 2.05) is 42.1 Å². The molecule has 8 heteroatoms. The standard InChI is InChI=1S/C19H14FN5O2/c1-24-11-14(13-4-2-3-5-17(13)24)16-8-9-21-19(23-16)22-12-6-7-15(20)18(10-12)25(26)27/h2-11H,1H3,(H,21,22,23). The van der Waals surface area contributed by atoms with Gasteiger partial charge in [0, 0.05) is 47.7 Å². The summed E-state index contributed by atoms with van der Waals surface area (Å²) in [5.74, 6) is -0.627. The molecular weight excluding hydrogens is 349 g/mol. The third-order valence-electron chi connectivity index (χ3n) is 4.23. The minimum atomic E-state index is -0.893. The van der Waals surface area contributed by atoms with Crippen LogP contribution in [0.2, 0.25) is 0 Å². The highest BCUT2D eigenvalue weighted by atomic mass is 19.1. The summed E-state index contributed by atoms with van der Waals surface area (Å²) < 4.78 is 15.5. The van der Waals surface area contributed by atoms with E-state index in [1.54, 1.807) is 12.3 Å². The van der Waals surface area contributed by atoms with Crippen molar-refractivity contribution < 1.29 is 9.31 Å². The zero-order chi connectivity index (χ0) is 19.0. The van der Waals surface area contributed by atoms with Crippen LogP contribution in [-0.4, -0.2) is 19.5 Å². The Hall–Kier alpha value is -3.81. The fourth-order valence-corrected chi connectivity index (χ4v) is 2.97. The molecule has 0 fully saturated rings. The Morgan fingerprint density at radius 3 is 2.81 bits per heavy atom. The van der Waals surface area contributed by atoms with Crippen LogP contribution in [-0.2, 0) is 7.05 Å². The smallest absolute Gasteiger partial charge is 0.306 e. The maximum Gasteiger partial charge on any atom is 0.306 e. The molecule has 0 aliphatic carbocycles. The van der Waals surface area contributed by atoms with E-state index in [4.69, 9.17) is 0 Å². The van der Waals surface area contributed by atoms with Gasteiger partial charge in [-0.1, -0.05) is 18.2 Å². The Morgan fingerprint density at radius 1 is 1.19 bits per heavy atom. The van der Waals surface area contributed by atoms with Gasteiger partial charge in [0.05, 0.1) is 10.6 Å². The van der Waals surface area contributed by atoms with Gasteiger partial charge in [0.1, 0.15) is 0 Å². The van der Waals surface area contributed by atoms with Gasteiger partial charge >= 0.3 is 5.69 Å². The van der Waals surface area contributed by atoms with Crippen molar-refractivity contribution in [3.8, 4) is 11.3 Å². The van der Waals surface area contributed by atoms with E-state index < -0.39 is 16.4 Å². The number of para-hydroxylation sites is 1. The Morgan fingerprint density at radius 2 is 2.00 bits per heavy atom. The Kier molecular flexibility index (Phi) is 4.00. The fourth-order valence-electron chi connectivity index (χ4n) is 2.97. The van der Waals surface area contributed by atoms with Crippen LogP contribution in [0.3, 0.4) is 0 Å². The van der Waals surface area contributed by atoms with Crippen molar-refractivity contribution >= 4 is 28.2 Å². The molecular formula is C19H14FN5O2. The molecule has 1 N–H and O–H groups in total. The molecule has 0 bridgehead atoms. The lowest BCUT2D eigenvalue weighted by atomic mass is 10.1. The van der Waals surface area contributed by atoms with E-state index in [0.717, 1.165) is 28.6 Å². The molecule has 0 saturated carbocycles. The Balaban J connectivity index is 1.71. The lowest BCUT2D eigenvalue weighted by molar-refractivity contribution is -0.387. The van der Waals surface area contributed by atoms with E-state index in [2.05, 4.69) is 15.3 Å². The number of nitrogens with zero attached hydrogens (tertiary/aromatic N) is 4. The molecule has 0 unspecified atom stereocenters. The summed E-state index contributed by atoms with van der Waals surface area (Å²) in [5.41, 5.74) is 2.46. The highest BCUT2D eigenvalue weighted by molar-refractivity contribution is 5.95. The van der Waals surface area contributed by atoms with E-state index in [0.29, 0.717) is 11.4 Å². The van der Waals surface area contributed by atoms with Crippen LogP contribution in [0, 0.1) is 15.9 Å². The summed E-state index contributed by atoms with van der Waals surface area (Å²) in [4.78, 5) is 18.8. The van der Waals surface area contributed by atoms with Crippen LogP contribution in [0.25, 0.3) is 22.2 Å². The number of aryl methyl sites for hydroxylation is 1. The predicted molar refractivity (Wildman–Crippen MR) is 100 cm³/mol. The topological polar surface area (TPSA) is 85.9 Å². The van der Waals surface area contributed by atoms with Crippen molar-refractivity contribution in [2.75, 3.05) is 5.32 Å². The van der Waals surface area contributed by atoms with E-state index >= 15 is 0 Å². The maximum absolute atomic E-state index is 13.5. The summed E-state index contributed by atoms with van der Waals surface area (Å²) in [7, 11) is 1.96. The summed E-state index contributed by atoms with van der Waals surface area (Å²) in [5, 5.41) is 14.8. The Bertz CT molecular complexity index is 1170. The van der Waals surface area contributed by atoms with Crippen molar-refractivity contribution in [2.24, 2.45) is 7.05 Å². The number of hydrogen-bond acceptors (Lipinski definition) is 5. The largest absolute Gasteiger partial charge is 0.350 e. The molecule has 0 saturated heterocycles. The number of nitrogens with one attached hydrogen (secondary N) is 1. The van der Waals surface area contributed by atoms with Crippen molar-refractivity contribution in [1.82, 2.24) is 14.5 Å². The first-order valence-corrected chi connectivity index (χ1v) is 8.11. The number of benzene rings is 2. The molecule has 27 heavy (non-hydrogen) atoms. The number of nitro benzene ring substituents is 1. The van der Waals surface area contributed by atoms with Crippen LogP contribution in [0.15, 0.2) is 60.9 Å². The Labute approximate surface area is 153 Å². The number of halogens is 1. The molecule has 0 spiro atoms. The van der Waals surface area contributed by atoms with Gasteiger partial charge in [-0.25, -0.2) is 9.97 Å².